The van der Waals surface area contributed by atoms with Gasteiger partial charge in [0.2, 0.25) is 12.0 Å². The molecular formula is C26H24FN3O8. The fourth-order valence-corrected chi connectivity index (χ4v) is 4.52. The molecule has 198 valence electrons. The lowest BCUT2D eigenvalue weighted by Gasteiger charge is -2.40. The molecule has 3 aromatic carbocycles. The standard InChI is InChI=1S/C26H24FN3O8/c1-29-22-9-8-15(30(34)35)10-20(22)26(28-14-23(29)31,19-6-4-5-7-21(19)27)24(25(32)33)38-18-12-16(36-2)11-17(13-18)37-3/h4-13,24,28H,14H2,1-3H3,(H,32,33). The van der Waals surface area contributed by atoms with Crippen molar-refractivity contribution in [3.05, 3.63) is 87.7 Å². The van der Waals surface area contributed by atoms with Gasteiger partial charge in [0.15, 0.2) is 0 Å². The van der Waals surface area contributed by atoms with E-state index in [9.17, 15) is 24.8 Å². The van der Waals surface area contributed by atoms with Crippen LogP contribution in [-0.4, -0.2) is 55.8 Å². The van der Waals surface area contributed by atoms with Crippen LogP contribution in [0, 0.1) is 15.9 Å². The maximum absolute atomic E-state index is 15.5. The number of fused-ring (bicyclic) bond motifs is 1. The maximum atomic E-state index is 15.5. The Morgan fingerprint density at radius 1 is 1.08 bits per heavy atom. The predicted octanol–water partition coefficient (Wildman–Crippen LogP) is 3.09. The fraction of sp³-hybridized carbons (Fsp3) is 0.231. The number of likely N-dealkylation sites (N-methyl/N-ethyl adjacent to an activating group) is 1. The number of nitrogens with zero attached hydrogens (tertiary/aromatic N) is 2. The smallest absolute Gasteiger partial charge is 0.347 e. The number of halogens is 1. The van der Waals surface area contributed by atoms with Gasteiger partial charge in [-0.2, -0.15) is 0 Å². The van der Waals surface area contributed by atoms with Gasteiger partial charge in [0, 0.05) is 54.2 Å². The number of carboxylic acids is 1. The average Bonchev–Trinajstić information content (AvgIpc) is 3.02. The van der Waals surface area contributed by atoms with Crippen LogP contribution < -0.4 is 24.4 Å². The van der Waals surface area contributed by atoms with Crippen LogP contribution in [0.25, 0.3) is 0 Å². The molecule has 1 heterocycles. The van der Waals surface area contributed by atoms with Crippen LogP contribution >= 0.6 is 0 Å². The van der Waals surface area contributed by atoms with Gasteiger partial charge < -0.3 is 24.2 Å². The Hall–Kier alpha value is -4.71. The second-order valence-corrected chi connectivity index (χ2v) is 8.44. The summed E-state index contributed by atoms with van der Waals surface area (Å²) in [7, 11) is 4.24. The summed E-state index contributed by atoms with van der Waals surface area (Å²) in [5, 5.41) is 25.1. The number of nitro groups is 1. The summed E-state index contributed by atoms with van der Waals surface area (Å²) in [5.74, 6) is -2.23. The van der Waals surface area contributed by atoms with Crippen molar-refractivity contribution in [3.63, 3.8) is 0 Å². The van der Waals surface area contributed by atoms with Crippen LogP contribution in [0.2, 0.25) is 0 Å². The second kappa shape index (κ2) is 10.3. The Bertz CT molecular complexity index is 1390. The van der Waals surface area contributed by atoms with Gasteiger partial charge in [0.1, 0.15) is 28.6 Å². The van der Waals surface area contributed by atoms with E-state index in [1.807, 2.05) is 0 Å². The molecule has 1 aliphatic rings. The van der Waals surface area contributed by atoms with Crippen molar-refractivity contribution >= 4 is 23.3 Å². The molecule has 0 fully saturated rings. The van der Waals surface area contributed by atoms with Crippen LogP contribution in [0.3, 0.4) is 0 Å². The number of carbonyl (C=O) groups is 2. The summed E-state index contributed by atoms with van der Waals surface area (Å²) in [6, 6.07) is 13.4. The normalized spacial score (nSPS) is 17.7. The predicted molar refractivity (Wildman–Crippen MR) is 133 cm³/mol. The third kappa shape index (κ3) is 4.57. The van der Waals surface area contributed by atoms with E-state index in [-0.39, 0.29) is 28.3 Å². The topological polar surface area (TPSA) is 140 Å². The number of hydrogen-bond donors (Lipinski definition) is 2. The number of amides is 1. The van der Waals surface area contributed by atoms with Crippen LogP contribution in [-0.2, 0) is 15.1 Å². The lowest BCUT2D eigenvalue weighted by atomic mass is 9.76. The van der Waals surface area contributed by atoms with Crippen molar-refractivity contribution in [1.29, 1.82) is 0 Å². The van der Waals surface area contributed by atoms with Gasteiger partial charge in [0.05, 0.1) is 25.7 Å². The Morgan fingerprint density at radius 2 is 1.71 bits per heavy atom. The molecule has 2 N–H and O–H groups in total. The Labute approximate surface area is 216 Å². The number of rotatable bonds is 8. The van der Waals surface area contributed by atoms with Crippen molar-refractivity contribution < 1.29 is 38.2 Å². The molecule has 2 atom stereocenters. The minimum absolute atomic E-state index is 0.00187. The molecule has 0 spiro atoms. The molecule has 0 bridgehead atoms. The second-order valence-electron chi connectivity index (χ2n) is 8.44. The summed E-state index contributed by atoms with van der Waals surface area (Å²) in [6.45, 7) is -0.429. The summed E-state index contributed by atoms with van der Waals surface area (Å²) in [6.07, 6.45) is -1.93. The van der Waals surface area contributed by atoms with Gasteiger partial charge in [-0.3, -0.25) is 20.2 Å². The average molecular weight is 525 g/mol. The van der Waals surface area contributed by atoms with Crippen molar-refractivity contribution in [3.8, 4) is 17.2 Å². The van der Waals surface area contributed by atoms with E-state index in [1.165, 1.54) is 68.6 Å². The van der Waals surface area contributed by atoms with E-state index in [4.69, 9.17) is 14.2 Å². The molecule has 1 amide bonds. The highest BCUT2D eigenvalue weighted by atomic mass is 19.1. The molecular weight excluding hydrogens is 501 g/mol. The van der Waals surface area contributed by atoms with Gasteiger partial charge >= 0.3 is 5.97 Å². The summed E-state index contributed by atoms with van der Waals surface area (Å²) in [5.41, 5.74) is -2.57. The van der Waals surface area contributed by atoms with E-state index >= 15 is 4.39 Å². The van der Waals surface area contributed by atoms with Gasteiger partial charge in [0.25, 0.3) is 5.69 Å². The van der Waals surface area contributed by atoms with E-state index in [0.717, 1.165) is 12.1 Å². The SMILES string of the molecule is COc1cc(OC)cc(OC(C(=O)O)C2(c3ccccc3F)NCC(=O)N(C)c3ccc([N+](=O)[O-])cc32)c1. The number of aliphatic carboxylic acids is 1. The quantitative estimate of drug-likeness (QED) is 0.335. The summed E-state index contributed by atoms with van der Waals surface area (Å²) >= 11 is 0. The highest BCUT2D eigenvalue weighted by Gasteiger charge is 2.53. The minimum Gasteiger partial charge on any atom is -0.496 e. The van der Waals surface area contributed by atoms with Gasteiger partial charge in [-0.1, -0.05) is 18.2 Å². The van der Waals surface area contributed by atoms with E-state index in [2.05, 4.69) is 5.32 Å². The van der Waals surface area contributed by atoms with Crippen molar-refractivity contribution in [2.24, 2.45) is 0 Å². The minimum atomic E-state index is -2.10. The van der Waals surface area contributed by atoms with E-state index in [1.54, 1.807) is 6.07 Å². The largest absolute Gasteiger partial charge is 0.496 e. The first-order valence-corrected chi connectivity index (χ1v) is 11.3. The molecule has 0 aliphatic carbocycles. The van der Waals surface area contributed by atoms with Gasteiger partial charge in [-0.15, -0.1) is 0 Å². The van der Waals surface area contributed by atoms with E-state index in [0.29, 0.717) is 11.5 Å². The zero-order valence-electron chi connectivity index (χ0n) is 20.6. The van der Waals surface area contributed by atoms with Crippen molar-refractivity contribution in [2.75, 3.05) is 32.7 Å². The number of benzene rings is 3. The lowest BCUT2D eigenvalue weighted by molar-refractivity contribution is -0.385. The maximum Gasteiger partial charge on any atom is 0.347 e. The number of methoxy groups -OCH3 is 2. The number of carbonyl (C=O) groups excluding carboxylic acids is 1. The molecule has 0 aromatic heterocycles. The van der Waals surface area contributed by atoms with Crippen LogP contribution in [0.4, 0.5) is 15.8 Å². The number of anilines is 1. The Balaban J connectivity index is 2.07. The van der Waals surface area contributed by atoms with Crippen LogP contribution in [0.5, 0.6) is 17.2 Å². The number of nitro benzene ring substituents is 1. The summed E-state index contributed by atoms with van der Waals surface area (Å²) in [4.78, 5) is 38.1. The van der Waals surface area contributed by atoms with Crippen molar-refractivity contribution in [2.45, 2.75) is 11.6 Å². The molecule has 0 radical (unpaired) electrons. The molecule has 0 saturated heterocycles. The van der Waals surface area contributed by atoms with Gasteiger partial charge in [-0.05, 0) is 12.1 Å². The number of non-ortho nitro benzene ring substituents is 1. The molecule has 1 aliphatic heterocycles. The molecule has 12 heteroatoms. The number of carboxylic acid groups (broad SMARTS) is 1. The highest BCUT2D eigenvalue weighted by Crippen LogP contribution is 2.44. The molecule has 38 heavy (non-hydrogen) atoms. The first-order chi connectivity index (χ1) is 18.1. The first kappa shape index (κ1) is 26.4. The molecule has 4 rings (SSSR count). The lowest BCUT2D eigenvalue weighted by Crippen LogP contribution is -2.59. The third-order valence-corrected chi connectivity index (χ3v) is 6.36. The number of ether oxygens (including phenoxy) is 3. The number of hydrogen-bond acceptors (Lipinski definition) is 8. The summed E-state index contributed by atoms with van der Waals surface area (Å²) < 4.78 is 32.0. The van der Waals surface area contributed by atoms with Crippen LogP contribution in [0.1, 0.15) is 11.1 Å². The monoisotopic (exact) mass is 525 g/mol. The Kier molecular flexibility index (Phi) is 7.17. The third-order valence-electron chi connectivity index (χ3n) is 6.36. The van der Waals surface area contributed by atoms with Gasteiger partial charge in [-0.25, -0.2) is 9.18 Å². The molecule has 2 unspecified atom stereocenters. The molecule has 0 saturated carbocycles. The fourth-order valence-electron chi connectivity index (χ4n) is 4.52. The highest BCUT2D eigenvalue weighted by molar-refractivity contribution is 5.97. The first-order valence-electron chi connectivity index (χ1n) is 11.3. The zero-order chi connectivity index (χ0) is 27.6. The molecule has 11 nitrogen and oxygen atoms in total. The molecule has 3 aromatic rings. The van der Waals surface area contributed by atoms with Crippen molar-refractivity contribution in [1.82, 2.24) is 5.32 Å². The zero-order valence-corrected chi connectivity index (χ0v) is 20.6. The number of nitrogens with one attached hydrogen (secondary N) is 1. The Morgan fingerprint density at radius 3 is 2.29 bits per heavy atom. The van der Waals surface area contributed by atoms with Crippen LogP contribution in [0.15, 0.2) is 60.7 Å². The van der Waals surface area contributed by atoms with E-state index < -0.39 is 40.8 Å².